The Morgan fingerprint density at radius 1 is 1.25 bits per heavy atom. The van der Waals surface area contributed by atoms with Crippen molar-refractivity contribution >= 4 is 17.0 Å². The molecule has 2 rings (SSSR count). The first-order chi connectivity index (χ1) is 7.84. The molecule has 1 heterocycles. The Hall–Kier alpha value is -1.39. The van der Waals surface area contributed by atoms with E-state index < -0.39 is 0 Å². The van der Waals surface area contributed by atoms with Crippen LogP contribution in [0.15, 0.2) is 36.0 Å². The van der Waals surface area contributed by atoms with Gasteiger partial charge in [0.1, 0.15) is 0 Å². The van der Waals surface area contributed by atoms with Crippen LogP contribution >= 0.6 is 11.3 Å². The Labute approximate surface area is 99.3 Å². The smallest absolute Gasteiger partial charge is 0.0794 e. The molecule has 0 radical (unpaired) electrons. The number of nitrogens with zero attached hydrogens (tertiary/aromatic N) is 1. The molecule has 2 aromatic rings. The molecule has 0 amide bonds. The highest BCUT2D eigenvalue weighted by molar-refractivity contribution is 7.09. The van der Waals surface area contributed by atoms with Gasteiger partial charge in [-0.15, -0.1) is 11.3 Å². The molecule has 0 spiro atoms. The Bertz CT molecular complexity index is 408. The topological polar surface area (TPSA) is 50.9 Å². The Balaban J connectivity index is 1.70. The van der Waals surface area contributed by atoms with Crippen LogP contribution in [0.1, 0.15) is 10.4 Å². The van der Waals surface area contributed by atoms with Crippen molar-refractivity contribution in [2.24, 2.45) is 0 Å². The van der Waals surface area contributed by atoms with E-state index in [4.69, 9.17) is 5.73 Å². The van der Waals surface area contributed by atoms with Crippen molar-refractivity contribution in [3.63, 3.8) is 0 Å². The molecule has 16 heavy (non-hydrogen) atoms. The minimum atomic E-state index is 0.821. The first kappa shape index (κ1) is 11.1. The molecular formula is C12H15N3S. The highest BCUT2D eigenvalue weighted by atomic mass is 32.1. The summed E-state index contributed by atoms with van der Waals surface area (Å²) in [6.45, 7) is 1.88. The molecule has 0 aliphatic carbocycles. The molecule has 0 unspecified atom stereocenters. The predicted octanol–water partition coefficient (Wildman–Crippen LogP) is 2.06. The van der Waals surface area contributed by atoms with E-state index >= 15 is 0 Å². The van der Waals surface area contributed by atoms with E-state index in [-0.39, 0.29) is 0 Å². The second-order valence-corrected chi connectivity index (χ2v) is 4.61. The van der Waals surface area contributed by atoms with E-state index in [0.717, 1.165) is 25.2 Å². The van der Waals surface area contributed by atoms with Gasteiger partial charge in [-0.1, -0.05) is 12.1 Å². The van der Waals surface area contributed by atoms with Crippen LogP contribution in [-0.4, -0.2) is 11.5 Å². The lowest BCUT2D eigenvalue weighted by atomic mass is 10.1. The number of nitrogens with two attached hydrogens (primary N) is 1. The second kappa shape index (κ2) is 5.63. The standard InChI is InChI=1S/C12H15N3S/c13-11-3-1-10(2-4-11)5-6-14-7-12-8-15-9-16-12/h1-4,8-9,14H,5-7,13H2. The van der Waals surface area contributed by atoms with Gasteiger partial charge in [-0.2, -0.15) is 0 Å². The van der Waals surface area contributed by atoms with Crippen molar-refractivity contribution in [1.29, 1.82) is 0 Å². The van der Waals surface area contributed by atoms with Crippen molar-refractivity contribution in [3.8, 4) is 0 Å². The first-order valence-corrected chi connectivity index (χ1v) is 6.15. The van der Waals surface area contributed by atoms with Crippen LogP contribution in [-0.2, 0) is 13.0 Å². The lowest BCUT2D eigenvalue weighted by molar-refractivity contribution is 0.693. The van der Waals surface area contributed by atoms with Crippen molar-refractivity contribution in [2.75, 3.05) is 12.3 Å². The Morgan fingerprint density at radius 3 is 2.75 bits per heavy atom. The average molecular weight is 233 g/mol. The number of hydrogen-bond acceptors (Lipinski definition) is 4. The van der Waals surface area contributed by atoms with Crippen molar-refractivity contribution in [3.05, 3.63) is 46.4 Å². The van der Waals surface area contributed by atoms with Gasteiger partial charge in [-0.25, -0.2) is 0 Å². The molecule has 1 aromatic heterocycles. The zero-order valence-electron chi connectivity index (χ0n) is 9.02. The summed E-state index contributed by atoms with van der Waals surface area (Å²) >= 11 is 1.68. The average Bonchev–Trinajstić information content (AvgIpc) is 2.80. The van der Waals surface area contributed by atoms with Crippen LogP contribution in [0.2, 0.25) is 0 Å². The number of benzene rings is 1. The molecule has 0 bridgehead atoms. The van der Waals surface area contributed by atoms with Gasteiger partial charge in [0, 0.05) is 23.3 Å². The highest BCUT2D eigenvalue weighted by Crippen LogP contribution is 2.06. The minimum absolute atomic E-state index is 0.821. The second-order valence-electron chi connectivity index (χ2n) is 3.64. The molecule has 0 saturated carbocycles. The van der Waals surface area contributed by atoms with Crippen LogP contribution in [0.4, 0.5) is 5.69 Å². The molecule has 1 aromatic carbocycles. The molecule has 0 atom stereocenters. The quantitative estimate of drug-likeness (QED) is 0.614. The molecule has 4 heteroatoms. The first-order valence-electron chi connectivity index (χ1n) is 5.27. The SMILES string of the molecule is Nc1ccc(CCNCc2cncs2)cc1. The third-order valence-corrected chi connectivity index (χ3v) is 3.13. The molecular weight excluding hydrogens is 218 g/mol. The number of hydrogen-bond donors (Lipinski definition) is 2. The lowest BCUT2D eigenvalue weighted by Crippen LogP contribution is -2.15. The summed E-state index contributed by atoms with van der Waals surface area (Å²) in [5.74, 6) is 0. The maximum absolute atomic E-state index is 5.62. The minimum Gasteiger partial charge on any atom is -0.399 e. The summed E-state index contributed by atoms with van der Waals surface area (Å²) in [5, 5.41) is 3.39. The van der Waals surface area contributed by atoms with Gasteiger partial charge in [0.25, 0.3) is 0 Å². The van der Waals surface area contributed by atoms with E-state index in [0.29, 0.717) is 0 Å². The third kappa shape index (κ3) is 3.32. The van der Waals surface area contributed by atoms with Crippen LogP contribution in [0, 0.1) is 0 Å². The van der Waals surface area contributed by atoms with E-state index in [2.05, 4.69) is 22.4 Å². The normalized spacial score (nSPS) is 10.5. The molecule has 0 saturated heterocycles. The van der Waals surface area contributed by atoms with Crippen LogP contribution < -0.4 is 11.1 Å². The summed E-state index contributed by atoms with van der Waals surface area (Å²) in [5.41, 5.74) is 9.61. The number of nitrogens with one attached hydrogen (secondary N) is 1. The van der Waals surface area contributed by atoms with E-state index in [1.54, 1.807) is 11.3 Å². The van der Waals surface area contributed by atoms with Gasteiger partial charge in [0.15, 0.2) is 0 Å². The van der Waals surface area contributed by atoms with E-state index in [1.165, 1.54) is 10.4 Å². The van der Waals surface area contributed by atoms with Crippen LogP contribution in [0.3, 0.4) is 0 Å². The van der Waals surface area contributed by atoms with E-state index in [9.17, 15) is 0 Å². The fraction of sp³-hybridized carbons (Fsp3) is 0.250. The summed E-state index contributed by atoms with van der Waals surface area (Å²) in [4.78, 5) is 5.31. The Morgan fingerprint density at radius 2 is 2.06 bits per heavy atom. The van der Waals surface area contributed by atoms with Gasteiger partial charge >= 0.3 is 0 Å². The maximum atomic E-state index is 5.62. The van der Waals surface area contributed by atoms with Crippen molar-refractivity contribution in [2.45, 2.75) is 13.0 Å². The molecule has 84 valence electrons. The largest absolute Gasteiger partial charge is 0.399 e. The lowest BCUT2D eigenvalue weighted by Gasteiger charge is -2.03. The number of thiazole rings is 1. The van der Waals surface area contributed by atoms with E-state index in [1.807, 2.05) is 23.8 Å². The summed E-state index contributed by atoms with van der Waals surface area (Å²) < 4.78 is 0. The van der Waals surface area contributed by atoms with Crippen LogP contribution in [0.5, 0.6) is 0 Å². The third-order valence-electron chi connectivity index (χ3n) is 2.35. The summed E-state index contributed by atoms with van der Waals surface area (Å²) in [6.07, 6.45) is 2.93. The predicted molar refractivity (Wildman–Crippen MR) is 68.4 cm³/mol. The fourth-order valence-corrected chi connectivity index (χ4v) is 2.02. The van der Waals surface area contributed by atoms with Crippen molar-refractivity contribution < 1.29 is 0 Å². The molecule has 3 nitrogen and oxygen atoms in total. The Kier molecular flexibility index (Phi) is 3.91. The number of anilines is 1. The number of nitrogen functional groups attached to an aromatic ring is 1. The van der Waals surface area contributed by atoms with Gasteiger partial charge in [0.2, 0.25) is 0 Å². The zero-order chi connectivity index (χ0) is 11.2. The van der Waals surface area contributed by atoms with Crippen molar-refractivity contribution in [1.82, 2.24) is 10.3 Å². The monoisotopic (exact) mass is 233 g/mol. The van der Waals surface area contributed by atoms with Gasteiger partial charge in [-0.3, -0.25) is 4.98 Å². The maximum Gasteiger partial charge on any atom is 0.0794 e. The molecule has 0 fully saturated rings. The number of rotatable bonds is 5. The van der Waals surface area contributed by atoms with Gasteiger partial charge in [-0.05, 0) is 30.7 Å². The summed E-state index contributed by atoms with van der Waals surface area (Å²) in [7, 11) is 0. The summed E-state index contributed by atoms with van der Waals surface area (Å²) in [6, 6.07) is 8.03. The molecule has 0 aliphatic heterocycles. The van der Waals surface area contributed by atoms with Gasteiger partial charge < -0.3 is 11.1 Å². The zero-order valence-corrected chi connectivity index (χ0v) is 9.83. The molecule has 3 N–H and O–H groups in total. The fourth-order valence-electron chi connectivity index (χ4n) is 1.46. The van der Waals surface area contributed by atoms with Gasteiger partial charge in [0.05, 0.1) is 5.51 Å². The van der Waals surface area contributed by atoms with Crippen LogP contribution in [0.25, 0.3) is 0 Å². The highest BCUT2D eigenvalue weighted by Gasteiger charge is 1.95. The molecule has 0 aliphatic rings. The number of aromatic nitrogens is 1.